The van der Waals surface area contributed by atoms with Gasteiger partial charge in [-0.25, -0.2) is 0 Å². The third-order valence-electron chi connectivity index (χ3n) is 1.09. The van der Waals surface area contributed by atoms with Crippen molar-refractivity contribution in [3.63, 3.8) is 0 Å². The Morgan fingerprint density at radius 2 is 1.20 bits per heavy atom. The normalized spacial score (nSPS) is 12.5. The van der Waals surface area contributed by atoms with Crippen LogP contribution in [0.1, 0.15) is 0 Å². The zero-order valence-electron chi connectivity index (χ0n) is 6.86. The van der Waals surface area contributed by atoms with Gasteiger partial charge in [-0.3, -0.25) is 20.2 Å². The Labute approximate surface area is 118 Å². The van der Waals surface area contributed by atoms with Gasteiger partial charge in [0.05, 0.1) is 9.85 Å². The molecule has 0 rings (SSSR count). The summed E-state index contributed by atoms with van der Waals surface area (Å²) in [7, 11) is 0. The topological polar surface area (TPSA) is 95.5 Å². The van der Waals surface area contributed by atoms with Crippen LogP contribution in [-0.4, -0.2) is 29.8 Å². The zero-order chi connectivity index (χ0) is 12.3. The molecular weight excluding hydrogens is 476 g/mol. The molecule has 0 aliphatic heterocycles. The number of alkyl halides is 4. The minimum absolute atomic E-state index is 0.368. The van der Waals surface area contributed by atoms with Gasteiger partial charge in [0, 0.05) is 63.7 Å². The van der Waals surface area contributed by atoms with Gasteiger partial charge in [0.25, 0.3) is 0 Å². The summed E-state index contributed by atoms with van der Waals surface area (Å²) in [5, 5.41) is 20.8. The molecule has 0 heterocycles. The molecule has 11 heteroatoms. The van der Waals surface area contributed by atoms with E-state index in [2.05, 4.69) is 63.7 Å². The van der Waals surface area contributed by atoms with Crippen LogP contribution in [0.2, 0.25) is 0 Å². The first-order valence-corrected chi connectivity index (χ1v) is 6.39. The quantitative estimate of drug-likeness (QED) is 0.252. The van der Waals surface area contributed by atoms with Crippen molar-refractivity contribution < 1.29 is 14.6 Å². The summed E-state index contributed by atoms with van der Waals surface area (Å²) in [6.45, 7) is -0.737. The zero-order valence-corrected chi connectivity index (χ0v) is 13.2. The Bertz CT molecular complexity index is 244. The number of nitro groups is 2. The molecule has 0 unspecified atom stereocenters. The summed E-state index contributed by atoms with van der Waals surface area (Å²) < 4.78 is 1.55. The van der Waals surface area contributed by atoms with Crippen molar-refractivity contribution in [1.29, 1.82) is 0 Å². The Balaban J connectivity index is 4.11. The van der Waals surface area contributed by atoms with Crippen molar-refractivity contribution >= 4 is 63.7 Å². The van der Waals surface area contributed by atoms with Gasteiger partial charge in [0.2, 0.25) is 0 Å². The average Bonchev–Trinajstić information content (AvgIpc) is 2.02. The second-order valence-corrected chi connectivity index (χ2v) is 9.71. The lowest BCUT2D eigenvalue weighted by molar-refractivity contribution is -0.518. The van der Waals surface area contributed by atoms with Crippen molar-refractivity contribution in [2.24, 2.45) is 0 Å². The maximum atomic E-state index is 10.4. The fraction of sp³-hybridized carbons (Fsp3) is 1.00. The van der Waals surface area contributed by atoms with E-state index >= 15 is 0 Å². The van der Waals surface area contributed by atoms with Gasteiger partial charge >= 0.3 is 6.71 Å². The van der Waals surface area contributed by atoms with Crippen molar-refractivity contribution in [3.8, 4) is 0 Å². The number of halogens is 4. The van der Waals surface area contributed by atoms with Crippen LogP contribution in [0, 0.1) is 20.2 Å². The van der Waals surface area contributed by atoms with Crippen LogP contribution in [0.4, 0.5) is 0 Å². The molecule has 0 aromatic rings. The first kappa shape index (κ1) is 15.7. The Morgan fingerprint density at radius 3 is 1.40 bits per heavy atom. The summed E-state index contributed by atoms with van der Waals surface area (Å²) in [5.74, 6) is 0. The Kier molecular flexibility index (Phi) is 6.11. The lowest BCUT2D eigenvalue weighted by atomic mass is 10.6. The molecule has 0 bridgehead atoms. The Hall–Kier alpha value is 0.680. The van der Waals surface area contributed by atoms with Crippen LogP contribution in [-0.2, 0) is 4.74 Å². The first-order valence-electron chi connectivity index (χ1n) is 3.22. The van der Waals surface area contributed by atoms with Crippen molar-refractivity contribution in [1.82, 2.24) is 0 Å². The average molecular weight is 480 g/mol. The molecule has 0 aromatic heterocycles. The number of rotatable bonds is 6. The Morgan fingerprint density at radius 1 is 0.933 bits per heavy atom. The van der Waals surface area contributed by atoms with Crippen LogP contribution >= 0.6 is 63.7 Å². The molecule has 7 nitrogen and oxygen atoms in total. The molecule has 0 spiro atoms. The molecule has 0 atom stereocenters. The minimum atomic E-state index is -1.63. The molecule has 88 valence electrons. The van der Waals surface area contributed by atoms with Crippen molar-refractivity contribution in [2.45, 2.75) is 6.71 Å². The molecule has 15 heavy (non-hydrogen) atoms. The third-order valence-corrected chi connectivity index (χ3v) is 3.16. The summed E-state index contributed by atoms with van der Waals surface area (Å²) in [6, 6.07) is 0. The van der Waals surface area contributed by atoms with E-state index in [-0.39, 0.29) is 13.2 Å². The highest BCUT2D eigenvalue weighted by Crippen LogP contribution is 2.30. The largest absolute Gasteiger partial charge is 0.362 e. The predicted molar refractivity (Wildman–Crippen MR) is 66.0 cm³/mol. The summed E-state index contributed by atoms with van der Waals surface area (Å²) in [6.07, 6.45) is 0. The molecule has 0 radical (unpaired) electrons. The van der Waals surface area contributed by atoms with Crippen LogP contribution in [0.15, 0.2) is 0 Å². The van der Waals surface area contributed by atoms with E-state index in [1.165, 1.54) is 0 Å². The first-order chi connectivity index (χ1) is 6.59. The van der Waals surface area contributed by atoms with E-state index < -0.39 is 16.6 Å². The molecular formula is C4H4Br4N2O5. The molecule has 0 saturated carbocycles. The molecule has 0 fully saturated rings. The van der Waals surface area contributed by atoms with Gasteiger partial charge in [-0.1, -0.05) is 0 Å². The van der Waals surface area contributed by atoms with E-state index in [0.29, 0.717) is 0 Å². The maximum absolute atomic E-state index is 10.4. The van der Waals surface area contributed by atoms with Crippen molar-refractivity contribution in [3.05, 3.63) is 20.2 Å². The second-order valence-electron chi connectivity index (χ2n) is 2.34. The fourth-order valence-electron chi connectivity index (χ4n) is 0.402. The molecule has 0 aliphatic carbocycles. The second kappa shape index (κ2) is 5.84. The maximum Gasteiger partial charge on any atom is 0.349 e. The van der Waals surface area contributed by atoms with Crippen LogP contribution in [0.5, 0.6) is 0 Å². The number of hydrogen-bond acceptors (Lipinski definition) is 5. The molecule has 0 amide bonds. The van der Waals surface area contributed by atoms with E-state index in [1.807, 2.05) is 0 Å². The van der Waals surface area contributed by atoms with E-state index in [1.54, 1.807) is 0 Å². The summed E-state index contributed by atoms with van der Waals surface area (Å²) in [4.78, 5) is 19.4. The highest BCUT2D eigenvalue weighted by Gasteiger charge is 2.41. The van der Waals surface area contributed by atoms with Gasteiger partial charge in [0.1, 0.15) is 13.2 Å². The number of hydrogen-bond donors (Lipinski definition) is 0. The van der Waals surface area contributed by atoms with E-state index in [0.717, 1.165) is 0 Å². The number of ether oxygens (including phenoxy) is 1. The van der Waals surface area contributed by atoms with Gasteiger partial charge in [0.15, 0.2) is 0 Å². The SMILES string of the molecule is O=[N+]([O-])C(Br)(Br)COCC(Br)(Br)[N+](=O)[O-]. The minimum Gasteiger partial charge on any atom is -0.362 e. The van der Waals surface area contributed by atoms with Crippen LogP contribution in [0.3, 0.4) is 0 Å². The lowest BCUT2D eigenvalue weighted by Gasteiger charge is -2.15. The van der Waals surface area contributed by atoms with Gasteiger partial charge in [-0.15, -0.1) is 0 Å². The van der Waals surface area contributed by atoms with E-state index in [4.69, 9.17) is 4.74 Å². The van der Waals surface area contributed by atoms with Gasteiger partial charge < -0.3 is 4.74 Å². The highest BCUT2D eigenvalue weighted by atomic mass is 79.9. The van der Waals surface area contributed by atoms with Gasteiger partial charge in [-0.05, 0) is 0 Å². The molecule has 0 N–H and O–H groups in total. The van der Waals surface area contributed by atoms with Gasteiger partial charge in [-0.2, -0.15) is 0 Å². The van der Waals surface area contributed by atoms with E-state index in [9.17, 15) is 20.2 Å². The van der Waals surface area contributed by atoms with Crippen molar-refractivity contribution in [2.75, 3.05) is 13.2 Å². The lowest BCUT2D eigenvalue weighted by Crippen LogP contribution is -2.35. The van der Waals surface area contributed by atoms with Crippen LogP contribution in [0.25, 0.3) is 0 Å². The molecule has 0 saturated heterocycles. The third kappa shape index (κ3) is 5.52. The highest BCUT2D eigenvalue weighted by molar-refractivity contribution is 9.25. The summed E-state index contributed by atoms with van der Waals surface area (Å²) in [5.41, 5.74) is 0. The predicted octanol–water partition coefficient (Wildman–Crippen LogP) is 2.44. The number of nitrogens with zero attached hydrogens (tertiary/aromatic N) is 2. The molecule has 0 aromatic carbocycles. The monoisotopic (exact) mass is 476 g/mol. The standard InChI is InChI=1S/C4H4Br4N2O5/c5-3(6,9(11)12)1-15-2-4(7,8)10(13)14/h1-2H2. The fourth-order valence-corrected chi connectivity index (χ4v) is 1.05. The van der Waals surface area contributed by atoms with Crippen LogP contribution < -0.4 is 0 Å². The smallest absolute Gasteiger partial charge is 0.349 e. The summed E-state index contributed by atoms with van der Waals surface area (Å²) >= 11 is 11.0. The molecule has 0 aliphatic rings.